The molecule has 0 spiro atoms. The smallest absolute Gasteiger partial charge is 0.141 e. The Morgan fingerprint density at radius 2 is 2.18 bits per heavy atom. The van der Waals surface area contributed by atoms with E-state index in [9.17, 15) is 4.39 Å². The van der Waals surface area contributed by atoms with Crippen molar-refractivity contribution in [1.82, 2.24) is 10.3 Å². The third-order valence-corrected chi connectivity index (χ3v) is 2.70. The summed E-state index contributed by atoms with van der Waals surface area (Å²) in [5, 5.41) is 3.36. The number of nitrogens with one attached hydrogen (secondary N) is 1. The van der Waals surface area contributed by atoms with Crippen LogP contribution in [0.25, 0.3) is 0 Å². The molecule has 0 aliphatic heterocycles. The van der Waals surface area contributed by atoms with Crippen LogP contribution in [-0.2, 0) is 4.74 Å². The summed E-state index contributed by atoms with van der Waals surface area (Å²) < 4.78 is 17.9. The van der Waals surface area contributed by atoms with Gasteiger partial charge in [0.25, 0.3) is 0 Å². The van der Waals surface area contributed by atoms with Crippen LogP contribution in [0.15, 0.2) is 18.5 Å². The molecule has 1 aromatic heterocycles. The number of ether oxygens (including phenoxy) is 1. The molecule has 96 valence electrons. The number of aromatic nitrogens is 1. The van der Waals surface area contributed by atoms with Gasteiger partial charge in [-0.25, -0.2) is 4.39 Å². The molecule has 0 radical (unpaired) electrons. The highest BCUT2D eigenvalue weighted by atomic mass is 19.1. The van der Waals surface area contributed by atoms with Crippen molar-refractivity contribution in [3.63, 3.8) is 0 Å². The molecule has 0 saturated carbocycles. The normalized spacial score (nSPS) is 12.6. The summed E-state index contributed by atoms with van der Waals surface area (Å²) in [5.41, 5.74) is 0.891. The van der Waals surface area contributed by atoms with E-state index in [0.29, 0.717) is 0 Å². The van der Waals surface area contributed by atoms with Gasteiger partial charge in [0, 0.05) is 26.0 Å². The van der Waals surface area contributed by atoms with Crippen molar-refractivity contribution in [2.45, 2.75) is 32.2 Å². The zero-order valence-electron chi connectivity index (χ0n) is 10.6. The molecule has 1 unspecified atom stereocenters. The predicted molar refractivity (Wildman–Crippen MR) is 66.3 cm³/mol. The molecule has 0 aromatic carbocycles. The standard InChI is InChI=1S/C13H21FN2O/c1-11(12-8-13(14)10-15-9-12)16-6-4-3-5-7-17-2/h8-11,16H,3-7H2,1-2H3. The summed E-state index contributed by atoms with van der Waals surface area (Å²) in [7, 11) is 1.72. The highest BCUT2D eigenvalue weighted by Gasteiger charge is 2.05. The van der Waals surface area contributed by atoms with Crippen molar-refractivity contribution < 1.29 is 9.13 Å². The van der Waals surface area contributed by atoms with Gasteiger partial charge in [0.2, 0.25) is 0 Å². The SMILES string of the molecule is COCCCCCNC(C)c1cncc(F)c1. The Hall–Kier alpha value is -1.00. The second-order valence-corrected chi connectivity index (χ2v) is 4.17. The lowest BCUT2D eigenvalue weighted by Crippen LogP contribution is -2.20. The number of rotatable bonds is 8. The minimum atomic E-state index is -0.281. The van der Waals surface area contributed by atoms with Gasteiger partial charge < -0.3 is 10.1 Å². The lowest BCUT2D eigenvalue weighted by atomic mass is 10.1. The van der Waals surface area contributed by atoms with Crippen LogP contribution < -0.4 is 5.32 Å². The molecule has 3 nitrogen and oxygen atoms in total. The zero-order valence-corrected chi connectivity index (χ0v) is 10.6. The van der Waals surface area contributed by atoms with Crippen molar-refractivity contribution in [2.75, 3.05) is 20.3 Å². The van der Waals surface area contributed by atoms with E-state index >= 15 is 0 Å². The number of hydrogen-bond donors (Lipinski definition) is 1. The second kappa shape index (κ2) is 8.14. The minimum absolute atomic E-state index is 0.139. The van der Waals surface area contributed by atoms with Crippen molar-refractivity contribution >= 4 is 0 Å². The van der Waals surface area contributed by atoms with E-state index in [0.717, 1.165) is 38.0 Å². The third-order valence-electron chi connectivity index (χ3n) is 2.70. The first-order chi connectivity index (χ1) is 8.24. The van der Waals surface area contributed by atoms with Gasteiger partial charge in [-0.05, 0) is 44.4 Å². The monoisotopic (exact) mass is 240 g/mol. The van der Waals surface area contributed by atoms with E-state index < -0.39 is 0 Å². The number of nitrogens with zero attached hydrogens (tertiary/aromatic N) is 1. The molecule has 0 aliphatic rings. The van der Waals surface area contributed by atoms with Crippen LogP contribution in [0, 0.1) is 5.82 Å². The third kappa shape index (κ3) is 5.75. The van der Waals surface area contributed by atoms with Gasteiger partial charge in [-0.1, -0.05) is 0 Å². The van der Waals surface area contributed by atoms with Gasteiger partial charge in [-0.15, -0.1) is 0 Å². The minimum Gasteiger partial charge on any atom is -0.385 e. The van der Waals surface area contributed by atoms with E-state index in [1.807, 2.05) is 6.92 Å². The molecule has 1 aromatic rings. The van der Waals surface area contributed by atoms with Gasteiger partial charge in [0.05, 0.1) is 6.20 Å². The first-order valence-corrected chi connectivity index (χ1v) is 6.07. The van der Waals surface area contributed by atoms with Crippen LogP contribution in [-0.4, -0.2) is 25.2 Å². The van der Waals surface area contributed by atoms with Gasteiger partial charge in [0.1, 0.15) is 5.82 Å². The van der Waals surface area contributed by atoms with Crippen LogP contribution in [0.2, 0.25) is 0 Å². The molecule has 0 fully saturated rings. The maximum atomic E-state index is 13.0. The Kier molecular flexibility index (Phi) is 6.74. The van der Waals surface area contributed by atoms with Gasteiger partial charge >= 0.3 is 0 Å². The largest absolute Gasteiger partial charge is 0.385 e. The van der Waals surface area contributed by atoms with Crippen LogP contribution in [0.4, 0.5) is 4.39 Å². The molecule has 1 N–H and O–H groups in total. The quantitative estimate of drug-likeness (QED) is 0.709. The van der Waals surface area contributed by atoms with Crippen molar-refractivity contribution in [1.29, 1.82) is 0 Å². The molecule has 17 heavy (non-hydrogen) atoms. The van der Waals surface area contributed by atoms with Crippen molar-refractivity contribution in [3.8, 4) is 0 Å². The fourth-order valence-corrected chi connectivity index (χ4v) is 1.65. The average molecular weight is 240 g/mol. The molecule has 0 saturated heterocycles. The maximum Gasteiger partial charge on any atom is 0.141 e. The molecule has 1 heterocycles. The van der Waals surface area contributed by atoms with Crippen molar-refractivity contribution in [2.24, 2.45) is 0 Å². The zero-order chi connectivity index (χ0) is 12.5. The number of halogens is 1. The average Bonchev–Trinajstić information content (AvgIpc) is 2.33. The molecular formula is C13H21FN2O. The number of methoxy groups -OCH3 is 1. The Morgan fingerprint density at radius 3 is 2.88 bits per heavy atom. The van der Waals surface area contributed by atoms with Gasteiger partial charge in [-0.2, -0.15) is 0 Å². The summed E-state index contributed by atoms with van der Waals surface area (Å²) in [4.78, 5) is 3.84. The highest BCUT2D eigenvalue weighted by Crippen LogP contribution is 2.11. The predicted octanol–water partition coefficient (Wildman–Crippen LogP) is 2.69. The first kappa shape index (κ1) is 14.1. The lowest BCUT2D eigenvalue weighted by molar-refractivity contribution is 0.192. The second-order valence-electron chi connectivity index (χ2n) is 4.17. The molecule has 0 amide bonds. The number of hydrogen-bond acceptors (Lipinski definition) is 3. The fraction of sp³-hybridized carbons (Fsp3) is 0.615. The molecule has 1 rings (SSSR count). The van der Waals surface area contributed by atoms with Crippen LogP contribution >= 0.6 is 0 Å². The maximum absolute atomic E-state index is 13.0. The van der Waals surface area contributed by atoms with Crippen LogP contribution in [0.3, 0.4) is 0 Å². The van der Waals surface area contributed by atoms with E-state index in [1.165, 1.54) is 12.3 Å². The highest BCUT2D eigenvalue weighted by molar-refractivity contribution is 5.14. The molecular weight excluding hydrogens is 219 g/mol. The summed E-state index contributed by atoms with van der Waals surface area (Å²) >= 11 is 0. The molecule has 0 bridgehead atoms. The lowest BCUT2D eigenvalue weighted by Gasteiger charge is -2.13. The molecule has 0 aliphatic carbocycles. The van der Waals surface area contributed by atoms with Gasteiger partial charge in [0.15, 0.2) is 0 Å². The Balaban J connectivity index is 2.19. The van der Waals surface area contributed by atoms with E-state index in [-0.39, 0.29) is 11.9 Å². The summed E-state index contributed by atoms with van der Waals surface area (Å²) in [6.07, 6.45) is 6.27. The summed E-state index contributed by atoms with van der Waals surface area (Å²) in [6, 6.07) is 1.66. The van der Waals surface area contributed by atoms with Crippen LogP contribution in [0.1, 0.15) is 37.8 Å². The first-order valence-electron chi connectivity index (χ1n) is 6.07. The number of unbranched alkanes of at least 4 members (excludes halogenated alkanes) is 2. The Morgan fingerprint density at radius 1 is 1.35 bits per heavy atom. The van der Waals surface area contributed by atoms with Crippen LogP contribution in [0.5, 0.6) is 0 Å². The topological polar surface area (TPSA) is 34.1 Å². The Labute approximate surface area is 102 Å². The fourth-order valence-electron chi connectivity index (χ4n) is 1.65. The molecule has 4 heteroatoms. The summed E-state index contributed by atoms with van der Waals surface area (Å²) in [5.74, 6) is -0.281. The van der Waals surface area contributed by atoms with E-state index in [2.05, 4.69) is 10.3 Å². The van der Waals surface area contributed by atoms with E-state index in [1.54, 1.807) is 13.3 Å². The molecule has 1 atom stereocenters. The Bertz CT molecular complexity index is 320. The van der Waals surface area contributed by atoms with Gasteiger partial charge in [-0.3, -0.25) is 4.98 Å². The number of pyridine rings is 1. The summed E-state index contributed by atoms with van der Waals surface area (Å²) in [6.45, 7) is 3.77. The van der Waals surface area contributed by atoms with Crippen molar-refractivity contribution in [3.05, 3.63) is 29.8 Å². The van der Waals surface area contributed by atoms with E-state index in [4.69, 9.17) is 4.74 Å².